The lowest BCUT2D eigenvalue weighted by atomic mass is 9.87. The van der Waals surface area contributed by atoms with Crippen LogP contribution in [0.25, 0.3) is 5.57 Å². The predicted molar refractivity (Wildman–Crippen MR) is 107 cm³/mol. The molecule has 1 aliphatic heterocycles. The number of rotatable bonds is 6. The van der Waals surface area contributed by atoms with E-state index in [0.717, 1.165) is 44.2 Å². The normalized spacial score (nSPS) is 20.0. The fourth-order valence-electron chi connectivity index (χ4n) is 4.16. The van der Waals surface area contributed by atoms with Gasteiger partial charge in [-0.25, -0.2) is 4.98 Å². The minimum absolute atomic E-state index is 0.166. The van der Waals surface area contributed by atoms with Crippen LogP contribution in [0.5, 0.6) is 5.75 Å². The van der Waals surface area contributed by atoms with Crippen molar-refractivity contribution in [3.8, 4) is 5.75 Å². The Labute approximate surface area is 164 Å². The number of aromatic hydroxyl groups is 1. The summed E-state index contributed by atoms with van der Waals surface area (Å²) < 4.78 is 1.99. The molecule has 0 bridgehead atoms. The molecule has 0 radical (unpaired) electrons. The van der Waals surface area contributed by atoms with Gasteiger partial charge in [-0.15, -0.1) is 0 Å². The van der Waals surface area contributed by atoms with E-state index in [1.165, 1.54) is 5.57 Å². The number of carbonyl (C=O) groups is 1. The predicted octanol–water partition coefficient (Wildman–Crippen LogP) is 3.66. The van der Waals surface area contributed by atoms with E-state index in [9.17, 15) is 15.0 Å². The maximum atomic E-state index is 12.9. The van der Waals surface area contributed by atoms with Gasteiger partial charge in [-0.1, -0.05) is 18.2 Å². The fourth-order valence-corrected chi connectivity index (χ4v) is 4.16. The number of allylic oxidation sites excluding steroid dienone is 1. The third-order valence-electron chi connectivity index (χ3n) is 5.53. The third-order valence-corrected chi connectivity index (χ3v) is 5.53. The molecule has 1 atom stereocenters. The Hall–Kier alpha value is -3.02. The second kappa shape index (κ2) is 7.92. The van der Waals surface area contributed by atoms with Gasteiger partial charge < -0.3 is 19.7 Å². The molecule has 2 N–H and O–H groups in total. The first kappa shape index (κ1) is 18.3. The highest BCUT2D eigenvalue weighted by atomic mass is 16.3. The van der Waals surface area contributed by atoms with E-state index >= 15 is 0 Å². The second-order valence-electron chi connectivity index (χ2n) is 7.39. The Kier molecular flexibility index (Phi) is 5.19. The maximum absolute atomic E-state index is 12.9. The number of benzene rings is 1. The molecule has 146 valence electrons. The van der Waals surface area contributed by atoms with Crippen LogP contribution >= 0.6 is 0 Å². The maximum Gasteiger partial charge on any atom is 0.289 e. The van der Waals surface area contributed by atoms with Crippen LogP contribution in [-0.2, 0) is 11.3 Å². The average molecular weight is 379 g/mol. The summed E-state index contributed by atoms with van der Waals surface area (Å²) >= 11 is 0. The topological polar surface area (TPSA) is 78.6 Å². The van der Waals surface area contributed by atoms with Crippen LogP contribution in [0.2, 0.25) is 0 Å². The summed E-state index contributed by atoms with van der Waals surface area (Å²) in [6.07, 6.45) is 12.6. The van der Waals surface area contributed by atoms with Crippen LogP contribution < -0.4 is 0 Å². The Morgan fingerprint density at radius 1 is 1.11 bits per heavy atom. The highest BCUT2D eigenvalue weighted by Crippen LogP contribution is 2.39. The zero-order chi connectivity index (χ0) is 19.5. The van der Waals surface area contributed by atoms with E-state index in [1.54, 1.807) is 41.7 Å². The number of phenolic OH excluding ortho intramolecular Hbond substituents is 1. The Morgan fingerprint density at radius 2 is 1.93 bits per heavy atom. The minimum Gasteiger partial charge on any atom is -0.508 e. The molecule has 0 saturated heterocycles. The van der Waals surface area contributed by atoms with Gasteiger partial charge in [-0.3, -0.25) is 4.79 Å². The molecule has 4 rings (SSSR count). The van der Waals surface area contributed by atoms with Crippen molar-refractivity contribution < 1.29 is 15.0 Å². The number of nitrogens with zero attached hydrogens (tertiary/aromatic N) is 3. The number of phenols is 1. The van der Waals surface area contributed by atoms with Gasteiger partial charge in [0.2, 0.25) is 0 Å². The van der Waals surface area contributed by atoms with Gasteiger partial charge in [-0.05, 0) is 55.4 Å². The number of amides is 1. The van der Waals surface area contributed by atoms with Crippen molar-refractivity contribution in [1.82, 2.24) is 14.5 Å². The van der Waals surface area contributed by atoms with Crippen molar-refractivity contribution >= 4 is 11.5 Å². The number of hydrogen-bond acceptors (Lipinski definition) is 4. The number of imidazole rings is 1. The second-order valence-corrected chi connectivity index (χ2v) is 7.39. The lowest BCUT2D eigenvalue weighted by Gasteiger charge is -2.31. The summed E-state index contributed by atoms with van der Waals surface area (Å²) in [5, 5.41) is 20.3. The van der Waals surface area contributed by atoms with Crippen molar-refractivity contribution in [3.63, 3.8) is 0 Å². The fraction of sp³-hybridized carbons (Fsp3) is 0.364. The van der Waals surface area contributed by atoms with Crippen LogP contribution in [-0.4, -0.2) is 43.2 Å². The molecular weight excluding hydrogens is 354 g/mol. The number of aryl methyl sites for hydroxylation is 1. The molecule has 0 fully saturated rings. The molecule has 1 amide bonds. The largest absolute Gasteiger partial charge is 0.508 e. The van der Waals surface area contributed by atoms with E-state index in [-0.39, 0.29) is 23.5 Å². The molecule has 0 saturated carbocycles. The molecule has 2 aliphatic rings. The molecule has 0 spiro atoms. The van der Waals surface area contributed by atoms with Gasteiger partial charge >= 0.3 is 0 Å². The molecule has 2 heterocycles. The lowest BCUT2D eigenvalue weighted by molar-refractivity contribution is -0.129. The first-order valence-corrected chi connectivity index (χ1v) is 9.83. The number of carbonyl (C=O) groups excluding carboxylic acids is 1. The summed E-state index contributed by atoms with van der Waals surface area (Å²) in [4.78, 5) is 18.8. The molecule has 6 nitrogen and oxygen atoms in total. The van der Waals surface area contributed by atoms with Gasteiger partial charge in [-0.2, -0.15) is 0 Å². The standard InChI is InChI=1S/C22H25N3O3/c26-18-9-7-16(8-10-18)19-20(17-5-2-1-3-6-17)25(22(28)21(19)27)13-4-12-24-14-11-23-15-24/h5,7-11,14-15,20,26-27H,1-4,6,12-13H2. The van der Waals surface area contributed by atoms with Gasteiger partial charge in [0.25, 0.3) is 5.91 Å². The average Bonchev–Trinajstić information content (AvgIpc) is 3.32. The number of hydrogen-bond donors (Lipinski definition) is 2. The van der Waals surface area contributed by atoms with Crippen molar-refractivity contribution in [3.05, 3.63) is 66.0 Å². The third kappa shape index (κ3) is 3.54. The quantitative estimate of drug-likeness (QED) is 0.751. The monoisotopic (exact) mass is 379 g/mol. The highest BCUT2D eigenvalue weighted by molar-refractivity contribution is 6.06. The zero-order valence-electron chi connectivity index (χ0n) is 15.8. The highest BCUT2D eigenvalue weighted by Gasteiger charge is 2.41. The first-order valence-electron chi connectivity index (χ1n) is 9.83. The van der Waals surface area contributed by atoms with Crippen molar-refractivity contribution in [2.75, 3.05) is 6.54 Å². The van der Waals surface area contributed by atoms with Crippen molar-refractivity contribution in [1.29, 1.82) is 0 Å². The number of aliphatic hydroxyl groups is 1. The molecule has 1 aromatic carbocycles. The van der Waals surface area contributed by atoms with Crippen molar-refractivity contribution in [2.24, 2.45) is 0 Å². The van der Waals surface area contributed by atoms with Crippen LogP contribution in [0.15, 0.2) is 60.4 Å². The minimum atomic E-state index is -0.315. The summed E-state index contributed by atoms with van der Waals surface area (Å²) in [7, 11) is 0. The molecular formula is C22H25N3O3. The summed E-state index contributed by atoms with van der Waals surface area (Å²) in [5.74, 6) is -0.325. The SMILES string of the molecule is O=C1C(O)=C(c2ccc(O)cc2)C(C2=CCCCC2)N1CCCn1ccnc1. The van der Waals surface area contributed by atoms with Crippen LogP contribution in [0.3, 0.4) is 0 Å². The van der Waals surface area contributed by atoms with Gasteiger partial charge in [0.15, 0.2) is 5.76 Å². The van der Waals surface area contributed by atoms with Gasteiger partial charge in [0, 0.05) is 31.1 Å². The van der Waals surface area contributed by atoms with Crippen molar-refractivity contribution in [2.45, 2.75) is 44.7 Å². The number of aliphatic hydroxyl groups excluding tert-OH is 1. The summed E-state index contributed by atoms with van der Waals surface area (Å²) in [5.41, 5.74) is 2.63. The molecule has 2 aromatic rings. The Morgan fingerprint density at radius 3 is 2.61 bits per heavy atom. The lowest BCUT2D eigenvalue weighted by Crippen LogP contribution is -2.38. The Balaban J connectivity index is 1.62. The summed E-state index contributed by atoms with van der Waals surface area (Å²) in [6.45, 7) is 1.33. The molecule has 1 aromatic heterocycles. The molecule has 1 unspecified atom stereocenters. The Bertz CT molecular complexity index is 898. The van der Waals surface area contributed by atoms with Gasteiger partial charge in [0.05, 0.1) is 12.4 Å². The van der Waals surface area contributed by atoms with Crippen LogP contribution in [0, 0.1) is 0 Å². The molecule has 28 heavy (non-hydrogen) atoms. The van der Waals surface area contributed by atoms with E-state index in [0.29, 0.717) is 12.1 Å². The number of aromatic nitrogens is 2. The van der Waals surface area contributed by atoms with E-state index in [1.807, 2.05) is 10.8 Å². The molecule has 1 aliphatic carbocycles. The van der Waals surface area contributed by atoms with Crippen LogP contribution in [0.4, 0.5) is 0 Å². The smallest absolute Gasteiger partial charge is 0.289 e. The first-order chi connectivity index (χ1) is 13.6. The van der Waals surface area contributed by atoms with E-state index < -0.39 is 0 Å². The van der Waals surface area contributed by atoms with Gasteiger partial charge in [0.1, 0.15) is 5.75 Å². The van der Waals surface area contributed by atoms with E-state index in [2.05, 4.69) is 11.1 Å². The van der Waals surface area contributed by atoms with E-state index in [4.69, 9.17) is 0 Å². The molecule has 6 heteroatoms. The van der Waals surface area contributed by atoms with Crippen LogP contribution in [0.1, 0.15) is 37.7 Å². The zero-order valence-corrected chi connectivity index (χ0v) is 15.8. The summed E-state index contributed by atoms with van der Waals surface area (Å²) in [6, 6.07) is 6.47.